The minimum Gasteiger partial charge on any atom is -0.478 e. The second-order valence-corrected chi connectivity index (χ2v) is 28.3. The van der Waals surface area contributed by atoms with E-state index in [-0.39, 0.29) is 58.2 Å². The Labute approximate surface area is 396 Å². The van der Waals surface area contributed by atoms with Crippen LogP contribution in [0.15, 0.2) is 94.7 Å². The van der Waals surface area contributed by atoms with Gasteiger partial charge in [0.05, 0.1) is 16.2 Å². The first-order valence-corrected chi connectivity index (χ1v) is 29.4. The van der Waals surface area contributed by atoms with Gasteiger partial charge < -0.3 is 14.7 Å². The number of ether oxygens (including phenoxy) is 1. The molecule has 3 aliphatic heterocycles. The summed E-state index contributed by atoms with van der Waals surface area (Å²) in [6.45, 7) is 14.5. The Morgan fingerprint density at radius 1 is 0.838 bits per heavy atom. The first-order chi connectivity index (χ1) is 31.5. The van der Waals surface area contributed by atoms with Gasteiger partial charge in [-0.1, -0.05) is 49.5 Å². The van der Waals surface area contributed by atoms with Gasteiger partial charge in [-0.25, -0.2) is 9.37 Å². The van der Waals surface area contributed by atoms with Gasteiger partial charge in [0.25, 0.3) is 36.8 Å². The molecule has 1 atom stereocenters. The van der Waals surface area contributed by atoms with Gasteiger partial charge in [0.2, 0.25) is 5.36 Å². The Balaban J connectivity index is 1.54. The predicted molar refractivity (Wildman–Crippen MR) is 259 cm³/mol. The van der Waals surface area contributed by atoms with Crippen LogP contribution in [0.4, 0.5) is 5.69 Å². The summed E-state index contributed by atoms with van der Waals surface area (Å²) in [6.07, 6.45) is 1.41. The lowest BCUT2D eigenvalue weighted by atomic mass is 9.78. The van der Waals surface area contributed by atoms with E-state index in [0.29, 0.717) is 40.8 Å². The van der Waals surface area contributed by atoms with Gasteiger partial charge in [0.15, 0.2) is 12.1 Å². The van der Waals surface area contributed by atoms with Crippen LogP contribution in [-0.4, -0.2) is 81.4 Å². The molecule has 0 radical (unpaired) electrons. The molecule has 8 rings (SSSR count). The maximum Gasteiger partial charge on any atom is 0.336 e. The van der Waals surface area contributed by atoms with Crippen molar-refractivity contribution in [1.82, 2.24) is 4.58 Å². The van der Waals surface area contributed by atoms with E-state index >= 15 is 0 Å². The van der Waals surface area contributed by atoms with Crippen LogP contribution < -0.4 is 35.2 Å². The highest BCUT2D eigenvalue weighted by Gasteiger charge is 2.46. The van der Waals surface area contributed by atoms with Gasteiger partial charge in [0.1, 0.15) is 18.7 Å². The van der Waals surface area contributed by atoms with Gasteiger partial charge in [-0.2, -0.15) is 25.3 Å². The molecule has 15 nitrogen and oxygen atoms in total. The normalized spacial score (nSPS) is 18.2. The van der Waals surface area contributed by atoms with Crippen molar-refractivity contribution in [3.8, 4) is 5.75 Å². The summed E-state index contributed by atoms with van der Waals surface area (Å²) in [5.74, 6) is -2.63. The van der Waals surface area contributed by atoms with Crippen LogP contribution in [0.3, 0.4) is 0 Å². The van der Waals surface area contributed by atoms with E-state index in [1.807, 2.05) is 37.8 Å². The number of nitrogens with zero attached hydrogens (tertiary/aromatic N) is 2. The van der Waals surface area contributed by atoms with Crippen molar-refractivity contribution in [2.75, 3.05) is 10.7 Å². The maximum absolute atomic E-state index is 13.3. The summed E-state index contributed by atoms with van der Waals surface area (Å²) in [7, 11) is -16.9. The molecule has 358 valence electrons. The molecule has 0 bridgehead atoms. The van der Waals surface area contributed by atoms with Crippen molar-refractivity contribution in [3.05, 3.63) is 140 Å². The molecule has 0 saturated heterocycles. The Morgan fingerprint density at radius 3 is 2.06 bits per heavy atom. The van der Waals surface area contributed by atoms with Crippen LogP contribution in [0, 0.1) is 6.92 Å². The maximum atomic E-state index is 13.3. The average molecular weight is 1000 g/mol. The molecule has 3 aliphatic rings. The lowest BCUT2D eigenvalue weighted by molar-refractivity contribution is -0.120. The van der Waals surface area contributed by atoms with Crippen molar-refractivity contribution in [1.29, 1.82) is 0 Å². The molecule has 0 aliphatic carbocycles. The van der Waals surface area contributed by atoms with Crippen molar-refractivity contribution >= 4 is 72.5 Å². The number of carbonyl (C=O) groups excluding carboxylic acids is 1. The molecule has 0 aromatic heterocycles. The molecule has 3 heterocycles. The zero-order valence-electron chi connectivity index (χ0n) is 38.6. The molecule has 0 spiro atoms. The van der Waals surface area contributed by atoms with Crippen LogP contribution in [0.1, 0.15) is 95.8 Å². The number of carbonyl (C=O) groups is 2. The zero-order valence-corrected chi connectivity index (χ0v) is 42.0. The number of benzene rings is 5. The minimum absolute atomic E-state index is 0.0293. The Hall–Kier alpha value is -5.54. The standard InChI is InChI=1S/C49H52N2O13S3Si/c1-29-34-18-19-48(2,3)50(25-30-12-8-10-14-41(30)66(58,59)60)39(34)23-44-45(29)46(37-20-33(64-28-52)16-17-35(37)47(53)54)38-21-36-32(27-65(55,56)57)24-49(4,5)51(40(36)22-43(38)68(44,6)7)26-31-13-9-11-15-42(31)67(61,62)63/h8-17,20-23,28,32H,18-19,24-27H2,1-7H3,(H3-,53,54,55,56,57,58,59,60,61,62,63)/p+1. The summed E-state index contributed by atoms with van der Waals surface area (Å²) in [5, 5.41) is 14.1. The Bertz CT molecular complexity index is 3480. The fourth-order valence-electron chi connectivity index (χ4n) is 10.9. The third kappa shape index (κ3) is 8.73. The third-order valence-corrected chi connectivity index (χ3v) is 20.4. The van der Waals surface area contributed by atoms with E-state index in [2.05, 4.69) is 37.6 Å². The highest BCUT2D eigenvalue weighted by molar-refractivity contribution is 7.86. The van der Waals surface area contributed by atoms with Gasteiger partial charge in [-0.3, -0.25) is 18.5 Å². The number of fused-ring (bicyclic) bond motifs is 4. The number of hydrogen-bond acceptors (Lipinski definition) is 10. The van der Waals surface area contributed by atoms with E-state index in [4.69, 9.17) is 4.74 Å². The summed E-state index contributed by atoms with van der Waals surface area (Å²) >= 11 is 0. The van der Waals surface area contributed by atoms with Crippen molar-refractivity contribution in [2.45, 2.75) is 107 Å². The molecule has 0 fully saturated rings. The number of hydrogen-bond donors (Lipinski definition) is 4. The summed E-state index contributed by atoms with van der Waals surface area (Å²) in [5.41, 5.74) is 3.33. The van der Waals surface area contributed by atoms with E-state index in [0.717, 1.165) is 32.1 Å². The summed E-state index contributed by atoms with van der Waals surface area (Å²) in [6, 6.07) is 22.5. The van der Waals surface area contributed by atoms with E-state index < -0.39 is 67.1 Å². The molecule has 19 heteroatoms. The van der Waals surface area contributed by atoms with Crippen LogP contribution in [0.5, 0.6) is 5.75 Å². The van der Waals surface area contributed by atoms with Crippen LogP contribution in [0.25, 0.3) is 5.57 Å². The number of anilines is 1. The van der Waals surface area contributed by atoms with E-state index in [1.165, 1.54) is 36.4 Å². The molecule has 5 aromatic carbocycles. The second-order valence-electron chi connectivity index (χ2n) is 19.7. The fourth-order valence-corrected chi connectivity index (χ4v) is 16.2. The van der Waals surface area contributed by atoms with Crippen molar-refractivity contribution in [2.24, 2.45) is 0 Å². The topological polar surface area (TPSA) is 233 Å². The van der Waals surface area contributed by atoms with Gasteiger partial charge in [0, 0.05) is 52.9 Å². The van der Waals surface area contributed by atoms with Crippen molar-refractivity contribution < 1.29 is 58.3 Å². The van der Waals surface area contributed by atoms with Crippen molar-refractivity contribution in [3.63, 3.8) is 0 Å². The fraction of sp³-hybridized carbons (Fsp3) is 0.327. The van der Waals surface area contributed by atoms with E-state index in [1.54, 1.807) is 30.3 Å². The predicted octanol–water partition coefficient (Wildman–Crippen LogP) is 4.68. The molecular formula is C49H53N2O13S3Si+. The summed E-state index contributed by atoms with van der Waals surface area (Å²) in [4.78, 5) is 26.5. The van der Waals surface area contributed by atoms with Gasteiger partial charge >= 0.3 is 5.97 Å². The number of aromatic carboxylic acids is 1. The third-order valence-electron chi connectivity index (χ3n) is 14.2. The van der Waals surface area contributed by atoms with Crippen LogP contribution in [-0.2, 0) is 54.7 Å². The Kier molecular flexibility index (Phi) is 12.1. The molecule has 0 saturated carbocycles. The van der Waals surface area contributed by atoms with E-state index in [9.17, 15) is 53.6 Å². The van der Waals surface area contributed by atoms with Gasteiger partial charge in [-0.15, -0.1) is 0 Å². The monoisotopic (exact) mass is 1000 g/mol. The molecule has 0 amide bonds. The molecule has 1 unspecified atom stereocenters. The van der Waals surface area contributed by atoms with Crippen LogP contribution in [0.2, 0.25) is 13.1 Å². The number of carboxylic acid groups (broad SMARTS) is 1. The highest BCUT2D eigenvalue weighted by Crippen LogP contribution is 2.47. The summed E-state index contributed by atoms with van der Waals surface area (Å²) < 4.78 is 115. The first-order valence-electron chi connectivity index (χ1n) is 21.9. The van der Waals surface area contributed by atoms with Gasteiger partial charge in [-0.05, 0) is 133 Å². The number of rotatable bonds is 12. The SMILES string of the molecule is Cc1c2c(cc3c1=C(c1cc(OC=O)ccc1C(=O)O)c1cc4c(cc1[Si]3(C)C)N(Cc1ccccc1S(=O)(=O)O)C(C)(C)CC4CS(=O)(=O)O)=[N+](Cc1ccccc1S(=O)(=O)O)C(C)(C)CC2. The highest BCUT2D eigenvalue weighted by atomic mass is 32.2. The first kappa shape index (κ1) is 48.9. The molecule has 5 aromatic rings. The Morgan fingerprint density at radius 2 is 1.46 bits per heavy atom. The lowest BCUT2D eigenvalue weighted by Gasteiger charge is -2.49. The zero-order chi connectivity index (χ0) is 49.7. The largest absolute Gasteiger partial charge is 0.478 e. The molecule has 4 N–H and O–H groups in total. The minimum atomic E-state index is -4.67. The molecular weight excluding hydrogens is 949 g/mol. The smallest absolute Gasteiger partial charge is 0.336 e. The average Bonchev–Trinajstić information content (AvgIpc) is 3.22. The lowest BCUT2D eigenvalue weighted by Crippen LogP contribution is -2.66. The molecule has 68 heavy (non-hydrogen) atoms. The van der Waals surface area contributed by atoms with Crippen LogP contribution >= 0.6 is 0 Å². The quantitative estimate of drug-likeness (QED) is 0.0576. The number of carboxylic acids is 1. The second kappa shape index (κ2) is 16.9.